The number of hydrogen-bond donors (Lipinski definition) is 1. The summed E-state index contributed by atoms with van der Waals surface area (Å²) in [5.41, 5.74) is 0.614. The van der Waals surface area contributed by atoms with E-state index in [0.717, 1.165) is 13.6 Å². The van der Waals surface area contributed by atoms with Crippen LogP contribution in [0.15, 0.2) is 62.0 Å². The van der Waals surface area contributed by atoms with Crippen LogP contribution >= 0.6 is 23.5 Å². The molecule has 0 atom stereocenters. The maximum atomic E-state index is 10.4. The van der Waals surface area contributed by atoms with E-state index in [1.165, 1.54) is 25.0 Å². The quantitative estimate of drug-likeness (QED) is 0.701. The van der Waals surface area contributed by atoms with Crippen molar-refractivity contribution in [3.63, 3.8) is 0 Å². The molecule has 0 amide bonds. The Kier molecular flexibility index (Phi) is 4.61. The van der Waals surface area contributed by atoms with Crippen molar-refractivity contribution in [1.29, 1.82) is 0 Å². The molecule has 0 unspecified atom stereocenters. The van der Waals surface area contributed by atoms with E-state index in [-0.39, 0.29) is 5.41 Å². The first-order chi connectivity index (χ1) is 10.8. The average Bonchev–Trinajstić information content (AvgIpc) is 2.50. The second kappa shape index (κ2) is 6.23. The zero-order valence-electron chi connectivity index (χ0n) is 14.2. The van der Waals surface area contributed by atoms with Crippen molar-refractivity contribution in [3.05, 3.63) is 42.5 Å². The molecular formula is C19H23BOS2. The summed E-state index contributed by atoms with van der Waals surface area (Å²) >= 11 is 3.75. The number of fused-ring (bicyclic) bond motifs is 2. The Labute approximate surface area is 148 Å². The van der Waals surface area contributed by atoms with Gasteiger partial charge in [0.15, 0.2) is 7.28 Å². The van der Waals surface area contributed by atoms with Crippen molar-refractivity contribution < 1.29 is 5.11 Å². The molecule has 1 aliphatic rings. The van der Waals surface area contributed by atoms with Crippen molar-refractivity contribution in [1.82, 2.24) is 0 Å². The molecule has 0 bridgehead atoms. The molecule has 3 rings (SSSR count). The van der Waals surface area contributed by atoms with Gasteiger partial charge in [-0.05, 0) is 37.5 Å². The standard InChI is InChI=1S/C19H23BOS2/c1-18(2,19(3,4)21)12-20-13-8-7-11-16-17(13)23-15-10-6-5-9-14(15)22-16/h5-11,20-21H,12H2,1-4H3. The zero-order valence-corrected chi connectivity index (χ0v) is 15.9. The highest BCUT2D eigenvalue weighted by Crippen LogP contribution is 2.47. The lowest BCUT2D eigenvalue weighted by atomic mass is 9.56. The minimum Gasteiger partial charge on any atom is -0.390 e. The van der Waals surface area contributed by atoms with Gasteiger partial charge in [0, 0.05) is 19.6 Å². The molecule has 1 aliphatic heterocycles. The van der Waals surface area contributed by atoms with E-state index in [1.54, 1.807) is 0 Å². The first-order valence-corrected chi connectivity index (χ1v) is 9.70. The molecule has 23 heavy (non-hydrogen) atoms. The molecule has 4 heteroatoms. The monoisotopic (exact) mass is 342 g/mol. The van der Waals surface area contributed by atoms with Gasteiger partial charge in [-0.25, -0.2) is 0 Å². The smallest absolute Gasteiger partial charge is 0.159 e. The first kappa shape index (κ1) is 17.0. The van der Waals surface area contributed by atoms with E-state index >= 15 is 0 Å². The third kappa shape index (κ3) is 3.49. The summed E-state index contributed by atoms with van der Waals surface area (Å²) in [4.78, 5) is 5.44. The molecule has 0 aliphatic carbocycles. The molecule has 2 aromatic carbocycles. The van der Waals surface area contributed by atoms with Gasteiger partial charge in [-0.2, -0.15) is 0 Å². The molecule has 1 nitrogen and oxygen atoms in total. The van der Waals surface area contributed by atoms with E-state index in [2.05, 4.69) is 56.3 Å². The topological polar surface area (TPSA) is 20.2 Å². The van der Waals surface area contributed by atoms with Crippen LogP contribution in [0, 0.1) is 5.41 Å². The highest BCUT2D eigenvalue weighted by atomic mass is 32.2. The van der Waals surface area contributed by atoms with E-state index in [1.807, 2.05) is 37.4 Å². The number of hydrogen-bond acceptors (Lipinski definition) is 3. The minimum absolute atomic E-state index is 0.111. The van der Waals surface area contributed by atoms with Crippen molar-refractivity contribution in [2.24, 2.45) is 5.41 Å². The summed E-state index contributed by atoms with van der Waals surface area (Å²) in [6, 6.07) is 15.2. The molecule has 1 heterocycles. The lowest BCUT2D eigenvalue weighted by Gasteiger charge is -2.37. The Morgan fingerprint density at radius 1 is 0.870 bits per heavy atom. The van der Waals surface area contributed by atoms with Crippen LogP contribution in [0.3, 0.4) is 0 Å². The molecule has 120 valence electrons. The van der Waals surface area contributed by atoms with Gasteiger partial charge in [-0.15, -0.1) is 0 Å². The van der Waals surface area contributed by atoms with Gasteiger partial charge in [0.1, 0.15) is 0 Å². The van der Waals surface area contributed by atoms with Crippen LogP contribution in [0.1, 0.15) is 27.7 Å². The average molecular weight is 342 g/mol. The van der Waals surface area contributed by atoms with E-state index in [0.29, 0.717) is 0 Å². The van der Waals surface area contributed by atoms with Gasteiger partial charge in [-0.1, -0.05) is 73.4 Å². The third-order valence-corrected chi connectivity index (χ3v) is 7.67. The highest BCUT2D eigenvalue weighted by molar-refractivity contribution is 8.05. The van der Waals surface area contributed by atoms with E-state index in [4.69, 9.17) is 0 Å². The highest BCUT2D eigenvalue weighted by Gasteiger charge is 2.35. The summed E-state index contributed by atoms with van der Waals surface area (Å²) in [6.07, 6.45) is 0.972. The minimum atomic E-state index is -0.670. The fourth-order valence-corrected chi connectivity index (χ4v) is 4.98. The van der Waals surface area contributed by atoms with Crippen molar-refractivity contribution in [2.45, 2.75) is 59.2 Å². The molecular weight excluding hydrogens is 319 g/mol. The van der Waals surface area contributed by atoms with E-state index < -0.39 is 5.60 Å². The Bertz CT molecular complexity index is 720. The van der Waals surface area contributed by atoms with Crippen molar-refractivity contribution in [2.75, 3.05) is 0 Å². The van der Waals surface area contributed by atoms with Gasteiger partial charge in [0.05, 0.1) is 5.60 Å². The summed E-state index contributed by atoms with van der Waals surface area (Å²) < 4.78 is 0. The normalized spacial score (nSPS) is 14.1. The molecule has 1 N–H and O–H groups in total. The number of aliphatic hydroxyl groups is 1. The molecule has 0 saturated carbocycles. The Morgan fingerprint density at radius 3 is 2.13 bits per heavy atom. The van der Waals surface area contributed by atoms with Crippen LogP contribution in [-0.2, 0) is 0 Å². The molecule has 2 aromatic rings. The summed E-state index contributed by atoms with van der Waals surface area (Å²) in [6.45, 7) is 8.13. The number of benzene rings is 2. The largest absolute Gasteiger partial charge is 0.390 e. The fraction of sp³-hybridized carbons (Fsp3) is 0.368. The lowest BCUT2D eigenvalue weighted by molar-refractivity contribution is -0.0236. The molecule has 0 saturated heterocycles. The second-order valence-electron chi connectivity index (χ2n) is 7.34. The van der Waals surface area contributed by atoms with Crippen LogP contribution in [-0.4, -0.2) is 18.0 Å². The number of rotatable bonds is 4. The molecule has 0 radical (unpaired) electrons. The maximum absolute atomic E-state index is 10.4. The van der Waals surface area contributed by atoms with Gasteiger partial charge >= 0.3 is 0 Å². The summed E-state index contributed by atoms with van der Waals surface area (Å²) in [5.74, 6) is 0. The first-order valence-electron chi connectivity index (χ1n) is 8.07. The second-order valence-corrected chi connectivity index (χ2v) is 9.47. The van der Waals surface area contributed by atoms with Crippen molar-refractivity contribution >= 4 is 36.3 Å². The van der Waals surface area contributed by atoms with E-state index in [9.17, 15) is 5.11 Å². The van der Waals surface area contributed by atoms with Crippen LogP contribution in [0.2, 0.25) is 6.32 Å². The van der Waals surface area contributed by atoms with Gasteiger partial charge < -0.3 is 5.11 Å². The zero-order chi connectivity index (χ0) is 16.7. The maximum Gasteiger partial charge on any atom is 0.159 e. The Balaban J connectivity index is 1.84. The molecule has 0 aromatic heterocycles. The predicted molar refractivity (Wildman–Crippen MR) is 103 cm³/mol. The Hall–Kier alpha value is -0.835. The van der Waals surface area contributed by atoms with Crippen LogP contribution in [0.25, 0.3) is 0 Å². The van der Waals surface area contributed by atoms with Gasteiger partial charge in [0.2, 0.25) is 0 Å². The predicted octanol–water partition coefficient (Wildman–Crippen LogP) is 4.58. The fourth-order valence-electron chi connectivity index (χ4n) is 2.55. The Morgan fingerprint density at radius 2 is 1.48 bits per heavy atom. The van der Waals surface area contributed by atoms with Crippen molar-refractivity contribution in [3.8, 4) is 0 Å². The van der Waals surface area contributed by atoms with Gasteiger partial charge in [-0.3, -0.25) is 0 Å². The third-order valence-electron chi connectivity index (χ3n) is 5.02. The van der Waals surface area contributed by atoms with Gasteiger partial charge in [0.25, 0.3) is 0 Å². The SMILES string of the molecule is CC(C)(O)C(C)(C)CBc1cccc2c1Sc1ccccc1S2. The van der Waals surface area contributed by atoms with Crippen LogP contribution < -0.4 is 5.46 Å². The summed E-state index contributed by atoms with van der Waals surface area (Å²) in [5, 5.41) is 10.4. The van der Waals surface area contributed by atoms with Crippen LogP contribution in [0.4, 0.5) is 0 Å². The van der Waals surface area contributed by atoms with Crippen LogP contribution in [0.5, 0.6) is 0 Å². The molecule has 0 fully saturated rings. The summed E-state index contributed by atoms with van der Waals surface area (Å²) in [7, 11) is 0.996. The molecule has 0 spiro atoms. The lowest BCUT2D eigenvalue weighted by Crippen LogP contribution is -2.40.